The van der Waals surface area contributed by atoms with Crippen molar-refractivity contribution in [1.29, 1.82) is 0 Å². The van der Waals surface area contributed by atoms with Crippen molar-refractivity contribution in [3.63, 3.8) is 0 Å². The Bertz CT molecular complexity index is 377. The molecule has 2 N–H and O–H groups in total. The van der Waals surface area contributed by atoms with Gasteiger partial charge in [-0.15, -0.1) is 0 Å². The van der Waals surface area contributed by atoms with E-state index in [4.69, 9.17) is 5.11 Å². The summed E-state index contributed by atoms with van der Waals surface area (Å²) in [6.07, 6.45) is 0.734. The van der Waals surface area contributed by atoms with Gasteiger partial charge in [0.2, 0.25) is 0 Å². The summed E-state index contributed by atoms with van der Waals surface area (Å²) in [6, 6.07) is 2.20. The maximum absolute atomic E-state index is 9.09. The van der Waals surface area contributed by atoms with Crippen molar-refractivity contribution in [1.82, 2.24) is 9.97 Å². The Morgan fingerprint density at radius 3 is 2.39 bits per heavy atom. The predicted molar refractivity (Wildman–Crippen MR) is 74.8 cm³/mol. The van der Waals surface area contributed by atoms with Crippen LogP contribution in [0.1, 0.15) is 51.6 Å². The second-order valence-electron chi connectivity index (χ2n) is 5.41. The number of nitrogens with zero attached hydrogens (tertiary/aromatic N) is 2. The average Bonchev–Trinajstić information content (AvgIpc) is 2.27. The highest BCUT2D eigenvalue weighted by molar-refractivity contribution is 5.37. The molecule has 18 heavy (non-hydrogen) atoms. The molecule has 1 aromatic heterocycles. The number of aromatic nitrogens is 2. The molecule has 1 aromatic rings. The van der Waals surface area contributed by atoms with Crippen LogP contribution in [0.2, 0.25) is 0 Å². The van der Waals surface area contributed by atoms with Crippen molar-refractivity contribution < 1.29 is 5.11 Å². The minimum atomic E-state index is 0.191. The average molecular weight is 251 g/mol. The first kappa shape index (κ1) is 14.9. The monoisotopic (exact) mass is 251 g/mol. The molecule has 0 aliphatic heterocycles. The molecule has 0 amide bonds. The molecule has 0 aliphatic rings. The molecule has 4 nitrogen and oxygen atoms in total. The summed E-state index contributed by atoms with van der Waals surface area (Å²) in [5, 5.41) is 12.5. The second kappa shape index (κ2) is 6.69. The van der Waals surface area contributed by atoms with E-state index in [9.17, 15) is 0 Å². The summed E-state index contributed by atoms with van der Waals surface area (Å²) >= 11 is 0. The molecule has 0 bridgehead atoms. The number of hydrogen-bond donors (Lipinski definition) is 2. The number of aryl methyl sites for hydroxylation is 1. The topological polar surface area (TPSA) is 58.0 Å². The van der Waals surface area contributed by atoms with E-state index in [1.807, 2.05) is 13.0 Å². The first-order valence-electron chi connectivity index (χ1n) is 6.67. The number of aliphatic hydroxyl groups excluding tert-OH is 1. The Balaban J connectivity index is 2.88. The molecule has 0 fully saturated rings. The highest BCUT2D eigenvalue weighted by Gasteiger charge is 2.14. The molecule has 1 unspecified atom stereocenters. The van der Waals surface area contributed by atoms with Crippen LogP contribution in [0.3, 0.4) is 0 Å². The van der Waals surface area contributed by atoms with Gasteiger partial charge in [-0.25, -0.2) is 9.97 Å². The maximum atomic E-state index is 9.09. The normalized spacial score (nSPS) is 13.1. The number of anilines is 1. The molecule has 1 heterocycles. The van der Waals surface area contributed by atoms with Crippen molar-refractivity contribution in [3.05, 3.63) is 17.6 Å². The Kier molecular flexibility index (Phi) is 5.54. The minimum Gasteiger partial charge on any atom is -0.396 e. The van der Waals surface area contributed by atoms with Crippen LogP contribution < -0.4 is 5.32 Å². The lowest BCUT2D eigenvalue weighted by Gasteiger charge is -2.22. The van der Waals surface area contributed by atoms with Gasteiger partial charge in [-0.05, 0) is 19.3 Å². The lowest BCUT2D eigenvalue weighted by molar-refractivity contribution is 0.267. The van der Waals surface area contributed by atoms with Gasteiger partial charge in [-0.3, -0.25) is 0 Å². The van der Waals surface area contributed by atoms with Crippen LogP contribution in [0.25, 0.3) is 0 Å². The zero-order chi connectivity index (χ0) is 13.7. The summed E-state index contributed by atoms with van der Waals surface area (Å²) in [4.78, 5) is 8.96. The molecule has 0 aromatic carbocycles. The minimum absolute atomic E-state index is 0.191. The van der Waals surface area contributed by atoms with E-state index in [1.54, 1.807) is 0 Å². The Morgan fingerprint density at radius 2 is 1.89 bits per heavy atom. The first-order chi connectivity index (χ1) is 8.43. The van der Waals surface area contributed by atoms with Gasteiger partial charge in [-0.2, -0.15) is 0 Å². The van der Waals surface area contributed by atoms with Gasteiger partial charge in [0, 0.05) is 30.3 Å². The van der Waals surface area contributed by atoms with Crippen molar-refractivity contribution in [2.75, 3.05) is 11.9 Å². The van der Waals surface area contributed by atoms with Gasteiger partial charge in [0.05, 0.1) is 0 Å². The summed E-state index contributed by atoms with van der Waals surface area (Å²) in [5.74, 6) is 2.50. The van der Waals surface area contributed by atoms with Gasteiger partial charge < -0.3 is 10.4 Å². The SMILES string of the molecule is Cc1cc(NC(CCO)C(C)C)nc(C(C)C)n1. The second-order valence-corrected chi connectivity index (χ2v) is 5.41. The van der Waals surface area contributed by atoms with E-state index < -0.39 is 0 Å². The smallest absolute Gasteiger partial charge is 0.133 e. The summed E-state index contributed by atoms with van der Waals surface area (Å²) < 4.78 is 0. The van der Waals surface area contributed by atoms with Crippen LogP contribution in [0.15, 0.2) is 6.07 Å². The highest BCUT2D eigenvalue weighted by Crippen LogP contribution is 2.17. The van der Waals surface area contributed by atoms with Gasteiger partial charge in [-0.1, -0.05) is 27.7 Å². The molecular weight excluding hydrogens is 226 g/mol. The van der Waals surface area contributed by atoms with Crippen molar-refractivity contribution >= 4 is 5.82 Å². The number of rotatable bonds is 6. The Hall–Kier alpha value is -1.16. The zero-order valence-corrected chi connectivity index (χ0v) is 12.1. The van der Waals surface area contributed by atoms with Crippen LogP contribution in [-0.2, 0) is 0 Å². The van der Waals surface area contributed by atoms with E-state index in [0.717, 1.165) is 23.8 Å². The first-order valence-corrected chi connectivity index (χ1v) is 6.67. The van der Waals surface area contributed by atoms with Crippen LogP contribution in [0.5, 0.6) is 0 Å². The molecule has 4 heteroatoms. The fourth-order valence-corrected chi connectivity index (χ4v) is 1.82. The Labute approximate surface area is 110 Å². The quantitative estimate of drug-likeness (QED) is 0.816. The van der Waals surface area contributed by atoms with E-state index in [1.165, 1.54) is 0 Å². The third-order valence-corrected chi connectivity index (χ3v) is 2.97. The molecule has 0 aliphatic carbocycles. The standard InChI is InChI=1S/C14H25N3O/c1-9(2)12(6-7-18)16-13-8-11(5)15-14(17-13)10(3)4/h8-10,12,18H,6-7H2,1-5H3,(H,15,16,17). The van der Waals surface area contributed by atoms with Gasteiger partial charge >= 0.3 is 0 Å². The zero-order valence-electron chi connectivity index (χ0n) is 12.1. The summed E-state index contributed by atoms with van der Waals surface area (Å²) in [7, 11) is 0. The molecule has 0 radical (unpaired) electrons. The largest absolute Gasteiger partial charge is 0.396 e. The number of aliphatic hydroxyl groups is 1. The van der Waals surface area contributed by atoms with E-state index in [2.05, 4.69) is 43.0 Å². The lowest BCUT2D eigenvalue weighted by atomic mass is 10.0. The number of nitrogens with one attached hydrogen (secondary N) is 1. The van der Waals surface area contributed by atoms with Gasteiger partial charge in [0.25, 0.3) is 0 Å². The maximum Gasteiger partial charge on any atom is 0.133 e. The number of hydrogen-bond acceptors (Lipinski definition) is 4. The van der Waals surface area contributed by atoms with E-state index in [-0.39, 0.29) is 12.6 Å². The fraction of sp³-hybridized carbons (Fsp3) is 0.714. The van der Waals surface area contributed by atoms with Gasteiger partial charge in [0.15, 0.2) is 0 Å². The van der Waals surface area contributed by atoms with E-state index in [0.29, 0.717) is 11.8 Å². The molecular formula is C14H25N3O. The summed E-state index contributed by atoms with van der Waals surface area (Å²) in [6.45, 7) is 10.6. The molecule has 1 atom stereocenters. The van der Waals surface area contributed by atoms with Gasteiger partial charge in [0.1, 0.15) is 11.6 Å². The van der Waals surface area contributed by atoms with Crippen molar-refractivity contribution in [2.45, 2.75) is 53.0 Å². The molecule has 102 valence electrons. The molecule has 0 saturated carbocycles. The van der Waals surface area contributed by atoms with Crippen LogP contribution in [0, 0.1) is 12.8 Å². The predicted octanol–water partition coefficient (Wildman–Crippen LogP) is 2.73. The molecule has 0 saturated heterocycles. The third kappa shape index (κ3) is 4.26. The highest BCUT2D eigenvalue weighted by atomic mass is 16.3. The molecule has 1 rings (SSSR count). The van der Waals surface area contributed by atoms with Crippen LogP contribution in [0.4, 0.5) is 5.82 Å². The van der Waals surface area contributed by atoms with Crippen molar-refractivity contribution in [3.8, 4) is 0 Å². The van der Waals surface area contributed by atoms with Crippen LogP contribution in [-0.4, -0.2) is 27.7 Å². The molecule has 0 spiro atoms. The van der Waals surface area contributed by atoms with Crippen LogP contribution >= 0.6 is 0 Å². The Morgan fingerprint density at radius 1 is 1.22 bits per heavy atom. The summed E-state index contributed by atoms with van der Waals surface area (Å²) in [5.41, 5.74) is 0.975. The third-order valence-electron chi connectivity index (χ3n) is 2.97. The van der Waals surface area contributed by atoms with E-state index >= 15 is 0 Å². The lowest BCUT2D eigenvalue weighted by Crippen LogP contribution is -2.27. The fourth-order valence-electron chi connectivity index (χ4n) is 1.82. The van der Waals surface area contributed by atoms with Crippen molar-refractivity contribution in [2.24, 2.45) is 5.92 Å².